The zero-order valence-electron chi connectivity index (χ0n) is 13.0. The molecule has 0 aliphatic rings. The monoisotopic (exact) mass is 403 g/mol. The summed E-state index contributed by atoms with van der Waals surface area (Å²) in [6, 6.07) is 9.23. The molecule has 0 atom stereocenters. The molecule has 0 aliphatic heterocycles. The van der Waals surface area contributed by atoms with E-state index in [2.05, 4.69) is 31.4 Å². The maximum atomic E-state index is 12.0. The normalized spacial score (nSPS) is 10.6. The minimum Gasteiger partial charge on any atom is -0.476 e. The molecule has 0 saturated heterocycles. The fourth-order valence-electron chi connectivity index (χ4n) is 2.20. The molecule has 1 amide bonds. The molecule has 0 aliphatic carbocycles. The van der Waals surface area contributed by atoms with Gasteiger partial charge in [0.15, 0.2) is 5.69 Å². The van der Waals surface area contributed by atoms with Gasteiger partial charge >= 0.3 is 5.97 Å². The van der Waals surface area contributed by atoms with Crippen LogP contribution < -0.4 is 5.32 Å². The minimum absolute atomic E-state index is 0.0782. The number of carbonyl (C=O) groups is 2. The molecule has 1 aromatic carbocycles. The van der Waals surface area contributed by atoms with E-state index in [1.54, 1.807) is 17.1 Å². The number of amides is 1. The van der Waals surface area contributed by atoms with Gasteiger partial charge in [-0.2, -0.15) is 10.2 Å². The Bertz CT molecular complexity index is 901. The zero-order chi connectivity index (χ0) is 17.8. The highest BCUT2D eigenvalue weighted by Gasteiger charge is 2.10. The third-order valence-corrected chi connectivity index (χ3v) is 3.87. The van der Waals surface area contributed by atoms with Crippen molar-refractivity contribution < 1.29 is 14.7 Å². The van der Waals surface area contributed by atoms with Crippen molar-refractivity contribution in [3.8, 4) is 0 Å². The van der Waals surface area contributed by atoms with Crippen molar-refractivity contribution in [3.63, 3.8) is 0 Å². The molecule has 2 heterocycles. The fourth-order valence-corrected chi connectivity index (χ4v) is 2.47. The summed E-state index contributed by atoms with van der Waals surface area (Å²) in [6.07, 6.45) is 4.73. The number of hydrogen-bond acceptors (Lipinski definition) is 4. The van der Waals surface area contributed by atoms with Crippen LogP contribution in [0.1, 0.15) is 16.1 Å². The number of benzene rings is 1. The first-order valence-electron chi connectivity index (χ1n) is 7.33. The lowest BCUT2D eigenvalue weighted by Crippen LogP contribution is -2.19. The van der Waals surface area contributed by atoms with Gasteiger partial charge in [-0.1, -0.05) is 28.1 Å². The zero-order valence-corrected chi connectivity index (χ0v) is 14.5. The smallest absolute Gasteiger partial charge is 0.356 e. The number of aromatic nitrogens is 4. The first kappa shape index (κ1) is 16.9. The van der Waals surface area contributed by atoms with Gasteiger partial charge < -0.3 is 10.4 Å². The molecule has 25 heavy (non-hydrogen) atoms. The number of halogens is 1. The number of aromatic carboxylic acids is 1. The molecule has 0 radical (unpaired) electrons. The van der Waals surface area contributed by atoms with E-state index in [0.717, 1.165) is 10.0 Å². The van der Waals surface area contributed by atoms with Crippen LogP contribution in [0.2, 0.25) is 0 Å². The maximum Gasteiger partial charge on any atom is 0.356 e. The number of rotatable bonds is 6. The average Bonchev–Trinajstić information content (AvgIpc) is 3.19. The second kappa shape index (κ2) is 7.31. The Morgan fingerprint density at radius 3 is 2.60 bits per heavy atom. The van der Waals surface area contributed by atoms with Gasteiger partial charge in [-0.15, -0.1) is 0 Å². The molecule has 128 valence electrons. The van der Waals surface area contributed by atoms with Crippen LogP contribution in [0.5, 0.6) is 0 Å². The molecule has 0 fully saturated rings. The molecule has 3 aromatic rings. The van der Waals surface area contributed by atoms with Crippen LogP contribution in [-0.4, -0.2) is 36.5 Å². The van der Waals surface area contributed by atoms with E-state index in [9.17, 15) is 9.59 Å². The number of carboxylic acids is 1. The first-order chi connectivity index (χ1) is 12.0. The van der Waals surface area contributed by atoms with Gasteiger partial charge in [0.1, 0.15) is 6.54 Å². The van der Waals surface area contributed by atoms with Gasteiger partial charge in [0.25, 0.3) is 0 Å². The number of nitrogens with zero attached hydrogens (tertiary/aromatic N) is 4. The predicted octanol–water partition coefficient (Wildman–Crippen LogP) is 2.23. The van der Waals surface area contributed by atoms with E-state index in [1.165, 1.54) is 16.9 Å². The van der Waals surface area contributed by atoms with Crippen molar-refractivity contribution in [3.05, 3.63) is 64.7 Å². The molecular weight excluding hydrogens is 390 g/mol. The van der Waals surface area contributed by atoms with Crippen molar-refractivity contribution >= 4 is 33.5 Å². The molecule has 0 bridgehead atoms. The summed E-state index contributed by atoms with van der Waals surface area (Å²) in [5, 5.41) is 19.5. The quantitative estimate of drug-likeness (QED) is 0.656. The Hall–Kier alpha value is -2.94. The number of carboxylic acid groups (broad SMARTS) is 1. The SMILES string of the molecule is O=C(Cn1ccc(C(=O)O)n1)Nc1cnn(Cc2ccc(Br)cc2)c1. The summed E-state index contributed by atoms with van der Waals surface area (Å²) < 4.78 is 4.00. The van der Waals surface area contributed by atoms with Crippen molar-refractivity contribution in [2.75, 3.05) is 5.32 Å². The molecule has 0 unspecified atom stereocenters. The Labute approximate surface area is 151 Å². The third-order valence-electron chi connectivity index (χ3n) is 3.34. The Morgan fingerprint density at radius 1 is 1.16 bits per heavy atom. The number of hydrogen-bond donors (Lipinski definition) is 2. The lowest BCUT2D eigenvalue weighted by Gasteiger charge is -2.03. The van der Waals surface area contributed by atoms with Gasteiger partial charge in [-0.25, -0.2) is 4.79 Å². The first-order valence-corrected chi connectivity index (χ1v) is 8.12. The van der Waals surface area contributed by atoms with E-state index in [1.807, 2.05) is 24.3 Å². The number of nitrogens with one attached hydrogen (secondary N) is 1. The largest absolute Gasteiger partial charge is 0.476 e. The van der Waals surface area contributed by atoms with Gasteiger partial charge in [0.05, 0.1) is 18.4 Å². The van der Waals surface area contributed by atoms with Crippen molar-refractivity contribution in [1.82, 2.24) is 19.6 Å². The highest BCUT2D eigenvalue weighted by molar-refractivity contribution is 9.10. The van der Waals surface area contributed by atoms with E-state index in [0.29, 0.717) is 12.2 Å². The summed E-state index contributed by atoms with van der Waals surface area (Å²) in [5.74, 6) is -1.45. The minimum atomic E-state index is -1.13. The van der Waals surface area contributed by atoms with Crippen LogP contribution in [0.15, 0.2) is 53.4 Å². The van der Waals surface area contributed by atoms with Crippen molar-refractivity contribution in [1.29, 1.82) is 0 Å². The third kappa shape index (κ3) is 4.54. The molecule has 8 nitrogen and oxygen atoms in total. The standard InChI is InChI=1S/C16H14BrN5O3/c17-12-3-1-11(2-4-12)8-22-9-13(7-18-22)19-15(23)10-21-6-5-14(20-21)16(24)25/h1-7,9H,8,10H2,(H,19,23)(H,24,25). The van der Waals surface area contributed by atoms with Crippen LogP contribution in [0.4, 0.5) is 5.69 Å². The Balaban J connectivity index is 1.57. The van der Waals surface area contributed by atoms with Crippen LogP contribution in [0, 0.1) is 0 Å². The molecular formula is C16H14BrN5O3. The topological polar surface area (TPSA) is 102 Å². The van der Waals surface area contributed by atoms with E-state index in [-0.39, 0.29) is 18.1 Å². The van der Waals surface area contributed by atoms with Crippen molar-refractivity contribution in [2.24, 2.45) is 0 Å². The molecule has 2 aromatic heterocycles. The molecule has 3 rings (SSSR count). The van der Waals surface area contributed by atoms with Crippen LogP contribution in [-0.2, 0) is 17.9 Å². The van der Waals surface area contributed by atoms with Gasteiger partial charge in [0.2, 0.25) is 5.91 Å². The molecule has 0 saturated carbocycles. The average molecular weight is 404 g/mol. The summed E-state index contributed by atoms with van der Waals surface area (Å²) in [4.78, 5) is 22.8. The lowest BCUT2D eigenvalue weighted by molar-refractivity contribution is -0.116. The number of carbonyl (C=O) groups excluding carboxylic acids is 1. The highest BCUT2D eigenvalue weighted by Crippen LogP contribution is 2.12. The molecule has 2 N–H and O–H groups in total. The highest BCUT2D eigenvalue weighted by atomic mass is 79.9. The molecule has 0 spiro atoms. The van der Waals surface area contributed by atoms with Crippen LogP contribution in [0.25, 0.3) is 0 Å². The van der Waals surface area contributed by atoms with Crippen LogP contribution >= 0.6 is 15.9 Å². The Kier molecular flexibility index (Phi) is 4.94. The summed E-state index contributed by atoms with van der Waals surface area (Å²) in [5.41, 5.74) is 1.55. The van der Waals surface area contributed by atoms with E-state index in [4.69, 9.17) is 5.11 Å². The summed E-state index contributed by atoms with van der Waals surface area (Å²) in [6.45, 7) is 0.509. The number of anilines is 1. The van der Waals surface area contributed by atoms with E-state index < -0.39 is 5.97 Å². The predicted molar refractivity (Wildman–Crippen MR) is 93.3 cm³/mol. The van der Waals surface area contributed by atoms with Crippen LogP contribution in [0.3, 0.4) is 0 Å². The lowest BCUT2D eigenvalue weighted by atomic mass is 10.2. The van der Waals surface area contributed by atoms with Crippen molar-refractivity contribution in [2.45, 2.75) is 13.1 Å². The molecule has 9 heteroatoms. The fraction of sp³-hybridized carbons (Fsp3) is 0.125. The Morgan fingerprint density at radius 2 is 1.92 bits per heavy atom. The van der Waals surface area contributed by atoms with Gasteiger partial charge in [0, 0.05) is 16.9 Å². The van der Waals surface area contributed by atoms with E-state index >= 15 is 0 Å². The summed E-state index contributed by atoms with van der Waals surface area (Å²) in [7, 11) is 0. The second-order valence-electron chi connectivity index (χ2n) is 5.30. The maximum absolute atomic E-state index is 12.0. The van der Waals surface area contributed by atoms with Gasteiger partial charge in [-0.05, 0) is 23.8 Å². The van der Waals surface area contributed by atoms with Gasteiger partial charge in [-0.3, -0.25) is 14.2 Å². The second-order valence-corrected chi connectivity index (χ2v) is 6.22. The summed E-state index contributed by atoms with van der Waals surface area (Å²) >= 11 is 3.39.